The molecule has 0 atom stereocenters. The molecule has 1 saturated heterocycles. The third-order valence-corrected chi connectivity index (χ3v) is 3.88. The lowest BCUT2D eigenvalue weighted by Gasteiger charge is -2.35. The van der Waals surface area contributed by atoms with E-state index in [1.807, 2.05) is 6.92 Å². The van der Waals surface area contributed by atoms with Gasteiger partial charge in [-0.2, -0.15) is 0 Å². The van der Waals surface area contributed by atoms with Crippen molar-refractivity contribution < 1.29 is 0 Å². The Morgan fingerprint density at radius 1 is 1.29 bits per heavy atom. The van der Waals surface area contributed by atoms with Gasteiger partial charge < -0.3 is 10.6 Å². The molecule has 1 fully saturated rings. The van der Waals surface area contributed by atoms with Gasteiger partial charge in [-0.3, -0.25) is 0 Å². The van der Waals surface area contributed by atoms with Crippen molar-refractivity contribution in [2.75, 3.05) is 23.7 Å². The van der Waals surface area contributed by atoms with Crippen LogP contribution in [0.15, 0.2) is 6.33 Å². The van der Waals surface area contributed by atoms with Crippen molar-refractivity contribution in [3.8, 4) is 0 Å². The SMILES string of the molecule is Cc1c(N)ncnc1N1CCC(C(C)C)CC1. The Bertz CT molecular complexity index is 381. The minimum absolute atomic E-state index is 0.598. The predicted octanol–water partition coefficient (Wildman–Crippen LogP) is 2.24. The van der Waals surface area contributed by atoms with Crippen molar-refractivity contribution in [2.45, 2.75) is 33.6 Å². The molecule has 0 radical (unpaired) electrons. The highest BCUT2D eigenvalue weighted by atomic mass is 15.2. The fourth-order valence-corrected chi connectivity index (χ4v) is 2.55. The Balaban J connectivity index is 2.08. The zero-order valence-electron chi connectivity index (χ0n) is 11.0. The van der Waals surface area contributed by atoms with Gasteiger partial charge in [-0.05, 0) is 31.6 Å². The third kappa shape index (κ3) is 2.51. The highest BCUT2D eigenvalue weighted by Gasteiger charge is 2.23. The number of rotatable bonds is 2. The second kappa shape index (κ2) is 4.90. The monoisotopic (exact) mass is 234 g/mol. The van der Waals surface area contributed by atoms with Crippen LogP contribution in [0, 0.1) is 18.8 Å². The number of anilines is 2. The van der Waals surface area contributed by atoms with Crippen LogP contribution in [0.4, 0.5) is 11.6 Å². The van der Waals surface area contributed by atoms with Crippen molar-refractivity contribution >= 4 is 11.6 Å². The van der Waals surface area contributed by atoms with Gasteiger partial charge in [0.15, 0.2) is 0 Å². The van der Waals surface area contributed by atoms with Crippen molar-refractivity contribution in [2.24, 2.45) is 11.8 Å². The van der Waals surface area contributed by atoms with E-state index in [9.17, 15) is 0 Å². The van der Waals surface area contributed by atoms with Crippen molar-refractivity contribution in [3.05, 3.63) is 11.9 Å². The number of hydrogen-bond acceptors (Lipinski definition) is 4. The zero-order valence-corrected chi connectivity index (χ0v) is 11.0. The Morgan fingerprint density at radius 3 is 2.53 bits per heavy atom. The van der Waals surface area contributed by atoms with Gasteiger partial charge in [0.2, 0.25) is 0 Å². The molecule has 4 heteroatoms. The van der Waals surface area contributed by atoms with Gasteiger partial charge in [0, 0.05) is 18.7 Å². The van der Waals surface area contributed by atoms with E-state index < -0.39 is 0 Å². The topological polar surface area (TPSA) is 55.0 Å². The van der Waals surface area contributed by atoms with E-state index in [-0.39, 0.29) is 0 Å². The molecule has 0 aromatic carbocycles. The lowest BCUT2D eigenvalue weighted by molar-refractivity contribution is 0.310. The number of aromatic nitrogens is 2. The molecule has 0 bridgehead atoms. The molecule has 2 rings (SSSR count). The Kier molecular flexibility index (Phi) is 3.50. The van der Waals surface area contributed by atoms with Gasteiger partial charge in [-0.25, -0.2) is 9.97 Å². The van der Waals surface area contributed by atoms with Crippen LogP contribution < -0.4 is 10.6 Å². The van der Waals surface area contributed by atoms with Gasteiger partial charge in [0.1, 0.15) is 18.0 Å². The van der Waals surface area contributed by atoms with E-state index in [1.54, 1.807) is 6.33 Å². The lowest BCUT2D eigenvalue weighted by Crippen LogP contribution is -2.36. The fourth-order valence-electron chi connectivity index (χ4n) is 2.55. The second-order valence-corrected chi connectivity index (χ2v) is 5.28. The summed E-state index contributed by atoms with van der Waals surface area (Å²) in [7, 11) is 0. The molecular weight excluding hydrogens is 212 g/mol. The molecule has 17 heavy (non-hydrogen) atoms. The Hall–Kier alpha value is -1.32. The maximum absolute atomic E-state index is 5.83. The van der Waals surface area contributed by atoms with Crippen molar-refractivity contribution in [3.63, 3.8) is 0 Å². The van der Waals surface area contributed by atoms with E-state index >= 15 is 0 Å². The van der Waals surface area contributed by atoms with Gasteiger partial charge in [-0.1, -0.05) is 13.8 Å². The third-order valence-electron chi connectivity index (χ3n) is 3.88. The summed E-state index contributed by atoms with van der Waals surface area (Å²) < 4.78 is 0. The van der Waals surface area contributed by atoms with Crippen LogP contribution in [-0.2, 0) is 0 Å². The first-order valence-electron chi connectivity index (χ1n) is 6.41. The average Bonchev–Trinajstić information content (AvgIpc) is 2.33. The summed E-state index contributed by atoms with van der Waals surface area (Å²) in [6, 6.07) is 0. The average molecular weight is 234 g/mol. The van der Waals surface area contributed by atoms with Crippen LogP contribution in [0.1, 0.15) is 32.3 Å². The highest BCUT2D eigenvalue weighted by Crippen LogP contribution is 2.29. The molecule has 0 saturated carbocycles. The van der Waals surface area contributed by atoms with Crippen LogP contribution in [-0.4, -0.2) is 23.1 Å². The second-order valence-electron chi connectivity index (χ2n) is 5.28. The zero-order chi connectivity index (χ0) is 12.4. The summed E-state index contributed by atoms with van der Waals surface area (Å²) >= 11 is 0. The molecule has 1 aliphatic rings. The summed E-state index contributed by atoms with van der Waals surface area (Å²) in [6.45, 7) is 8.79. The first kappa shape index (κ1) is 12.1. The number of nitrogens with two attached hydrogens (primary N) is 1. The standard InChI is InChI=1S/C13H22N4/c1-9(2)11-4-6-17(7-5-11)13-10(3)12(14)15-8-16-13/h8-9,11H,4-7H2,1-3H3,(H2,14,15,16). The number of hydrogen-bond donors (Lipinski definition) is 1. The molecule has 94 valence electrons. The molecule has 1 aromatic heterocycles. The van der Waals surface area contributed by atoms with E-state index in [1.165, 1.54) is 12.8 Å². The molecule has 0 spiro atoms. The maximum Gasteiger partial charge on any atom is 0.137 e. The fraction of sp³-hybridized carbons (Fsp3) is 0.692. The van der Waals surface area contributed by atoms with Gasteiger partial charge in [0.25, 0.3) is 0 Å². The Labute approximate surface area is 103 Å². The van der Waals surface area contributed by atoms with Crippen LogP contribution in [0.25, 0.3) is 0 Å². The molecule has 1 aromatic rings. The van der Waals surface area contributed by atoms with E-state index in [0.29, 0.717) is 5.82 Å². The van der Waals surface area contributed by atoms with Crippen molar-refractivity contribution in [1.29, 1.82) is 0 Å². The smallest absolute Gasteiger partial charge is 0.137 e. The summed E-state index contributed by atoms with van der Waals surface area (Å²) in [5.74, 6) is 3.25. The summed E-state index contributed by atoms with van der Waals surface area (Å²) in [6.07, 6.45) is 4.06. The summed E-state index contributed by atoms with van der Waals surface area (Å²) in [5, 5.41) is 0. The summed E-state index contributed by atoms with van der Waals surface area (Å²) in [4.78, 5) is 10.7. The van der Waals surface area contributed by atoms with E-state index in [4.69, 9.17) is 5.73 Å². The van der Waals surface area contributed by atoms with Gasteiger partial charge >= 0.3 is 0 Å². The number of nitrogens with zero attached hydrogens (tertiary/aromatic N) is 3. The largest absolute Gasteiger partial charge is 0.383 e. The van der Waals surface area contributed by atoms with Crippen LogP contribution >= 0.6 is 0 Å². The quantitative estimate of drug-likeness (QED) is 0.852. The van der Waals surface area contributed by atoms with Crippen LogP contribution in [0.3, 0.4) is 0 Å². The minimum atomic E-state index is 0.598. The van der Waals surface area contributed by atoms with Crippen molar-refractivity contribution in [1.82, 2.24) is 9.97 Å². The normalized spacial score (nSPS) is 17.8. The molecular formula is C13H22N4. The lowest BCUT2D eigenvalue weighted by atomic mass is 9.86. The molecule has 0 aliphatic carbocycles. The van der Waals surface area contributed by atoms with E-state index in [0.717, 1.165) is 36.3 Å². The van der Waals surface area contributed by atoms with Gasteiger partial charge in [-0.15, -0.1) is 0 Å². The molecule has 4 nitrogen and oxygen atoms in total. The number of piperidine rings is 1. The first-order chi connectivity index (χ1) is 8.09. The highest BCUT2D eigenvalue weighted by molar-refractivity contribution is 5.55. The first-order valence-corrected chi connectivity index (χ1v) is 6.41. The molecule has 2 heterocycles. The van der Waals surface area contributed by atoms with E-state index in [2.05, 4.69) is 28.7 Å². The van der Waals surface area contributed by atoms with Crippen LogP contribution in [0.2, 0.25) is 0 Å². The van der Waals surface area contributed by atoms with Gasteiger partial charge in [0.05, 0.1) is 0 Å². The summed E-state index contributed by atoms with van der Waals surface area (Å²) in [5.41, 5.74) is 6.83. The molecule has 1 aliphatic heterocycles. The predicted molar refractivity (Wildman–Crippen MR) is 71.0 cm³/mol. The van der Waals surface area contributed by atoms with Crippen LogP contribution in [0.5, 0.6) is 0 Å². The molecule has 0 unspecified atom stereocenters. The Morgan fingerprint density at radius 2 is 1.94 bits per heavy atom. The maximum atomic E-state index is 5.83. The molecule has 2 N–H and O–H groups in total. The minimum Gasteiger partial charge on any atom is -0.383 e. The molecule has 0 amide bonds. The number of nitrogen functional groups attached to an aromatic ring is 1.